The summed E-state index contributed by atoms with van der Waals surface area (Å²) in [5.41, 5.74) is 7.83. The van der Waals surface area contributed by atoms with Gasteiger partial charge < -0.3 is 10.5 Å². The molecule has 3 N–H and O–H groups in total. The van der Waals surface area contributed by atoms with Crippen LogP contribution in [0.3, 0.4) is 0 Å². The van der Waals surface area contributed by atoms with Crippen molar-refractivity contribution in [2.75, 3.05) is 24.1 Å². The van der Waals surface area contributed by atoms with Gasteiger partial charge in [0.1, 0.15) is 17.5 Å². The van der Waals surface area contributed by atoms with E-state index in [1.165, 1.54) is 10.6 Å². The fraction of sp³-hybridized carbons (Fsp3) is 0.500. The lowest BCUT2D eigenvalue weighted by Gasteiger charge is -2.40. The second-order valence-corrected chi connectivity index (χ2v) is 18.6. The number of fused-ring (bicyclic) bond motifs is 2. The summed E-state index contributed by atoms with van der Waals surface area (Å²) in [5, 5.41) is 5.34. The Morgan fingerprint density at radius 1 is 1.00 bits per heavy atom. The van der Waals surface area contributed by atoms with Gasteiger partial charge in [0.25, 0.3) is 5.56 Å². The Labute approximate surface area is 337 Å². The molecule has 0 bridgehead atoms. The molecule has 2 saturated carbocycles. The SMILES string of the molecule is Cc1cc(C2CCC(F)(F)CC2)nc2nc([C@@H](N)Cc3cc(F)cc(F)c3)n(-c3ccc(Cl)c4c(NS(C)(=O)=O)nn(CC5(N6C[C@@H](C)O[C@@H](C)C6)CC5)c34)c(=O)c12. The number of hydrogen-bond donors (Lipinski definition) is 2. The van der Waals surface area contributed by atoms with E-state index in [1.807, 2.05) is 13.8 Å². The number of ether oxygens (including phenoxy) is 1. The van der Waals surface area contributed by atoms with Gasteiger partial charge in [0.15, 0.2) is 11.5 Å². The third kappa shape index (κ3) is 7.95. The van der Waals surface area contributed by atoms with Crippen molar-refractivity contribution >= 4 is 49.4 Å². The minimum Gasteiger partial charge on any atom is -0.373 e. The van der Waals surface area contributed by atoms with Crippen molar-refractivity contribution in [3.63, 3.8) is 0 Å². The van der Waals surface area contributed by atoms with E-state index in [-0.39, 0.29) is 100 Å². The third-order valence-electron chi connectivity index (χ3n) is 11.6. The van der Waals surface area contributed by atoms with E-state index in [1.54, 1.807) is 23.7 Å². The summed E-state index contributed by atoms with van der Waals surface area (Å²) >= 11 is 6.88. The van der Waals surface area contributed by atoms with Crippen LogP contribution < -0.4 is 16.0 Å². The van der Waals surface area contributed by atoms with Crippen LogP contribution in [0.4, 0.5) is 23.4 Å². The Morgan fingerprint density at radius 2 is 1.66 bits per heavy atom. The van der Waals surface area contributed by atoms with Gasteiger partial charge in [-0.05, 0) is 94.3 Å². The number of alkyl halides is 2. The van der Waals surface area contributed by atoms with Gasteiger partial charge >= 0.3 is 0 Å². The Balaban J connectivity index is 1.35. The highest BCUT2D eigenvalue weighted by atomic mass is 35.5. The van der Waals surface area contributed by atoms with Gasteiger partial charge in [0.05, 0.1) is 58.0 Å². The lowest BCUT2D eigenvalue weighted by molar-refractivity contribution is -0.0870. The maximum Gasteiger partial charge on any atom is 0.268 e. The number of benzene rings is 2. The van der Waals surface area contributed by atoms with E-state index < -0.39 is 39.2 Å². The molecule has 0 amide bonds. The van der Waals surface area contributed by atoms with Crippen molar-refractivity contribution in [3.05, 3.63) is 86.1 Å². The van der Waals surface area contributed by atoms with E-state index in [0.717, 1.165) is 37.3 Å². The minimum absolute atomic E-state index is 0.00708. The smallest absolute Gasteiger partial charge is 0.268 e. The highest BCUT2D eigenvalue weighted by Crippen LogP contribution is 2.46. The van der Waals surface area contributed by atoms with Crippen molar-refractivity contribution in [1.82, 2.24) is 29.2 Å². The number of pyridine rings is 1. The summed E-state index contributed by atoms with van der Waals surface area (Å²) in [6.07, 6.45) is 2.34. The first-order valence-electron chi connectivity index (χ1n) is 19.4. The molecule has 0 radical (unpaired) electrons. The van der Waals surface area contributed by atoms with Crippen LogP contribution in [0.15, 0.2) is 41.2 Å². The molecule has 18 heteroatoms. The molecule has 310 valence electrons. The average molecular weight is 845 g/mol. The molecule has 3 aliphatic rings. The number of nitrogens with zero attached hydrogens (tertiary/aromatic N) is 6. The summed E-state index contributed by atoms with van der Waals surface area (Å²) in [4.78, 5) is 27.1. The van der Waals surface area contributed by atoms with Gasteiger partial charge in [-0.15, -0.1) is 0 Å². The number of nitrogens with two attached hydrogens (primary N) is 1. The summed E-state index contributed by atoms with van der Waals surface area (Å²) in [5.74, 6) is -4.69. The number of aromatic nitrogens is 5. The molecule has 58 heavy (non-hydrogen) atoms. The van der Waals surface area contributed by atoms with Crippen molar-refractivity contribution in [3.8, 4) is 5.69 Å². The van der Waals surface area contributed by atoms with Gasteiger partial charge in [-0.25, -0.2) is 35.9 Å². The molecule has 1 saturated heterocycles. The zero-order valence-electron chi connectivity index (χ0n) is 32.5. The molecule has 4 heterocycles. The maximum atomic E-state index is 15.1. The second kappa shape index (κ2) is 14.8. The fourth-order valence-corrected chi connectivity index (χ4v) is 9.60. The van der Waals surface area contributed by atoms with Crippen molar-refractivity contribution in [2.24, 2.45) is 5.73 Å². The number of rotatable bonds is 10. The first-order valence-corrected chi connectivity index (χ1v) is 21.7. The van der Waals surface area contributed by atoms with Crippen LogP contribution in [0.25, 0.3) is 27.6 Å². The van der Waals surface area contributed by atoms with Gasteiger partial charge in [-0.2, -0.15) is 5.10 Å². The maximum absolute atomic E-state index is 15.1. The molecule has 0 unspecified atom stereocenters. The average Bonchev–Trinajstić information content (AvgIpc) is 3.81. The van der Waals surface area contributed by atoms with Crippen LogP contribution in [-0.2, 0) is 27.7 Å². The predicted molar refractivity (Wildman–Crippen MR) is 213 cm³/mol. The van der Waals surface area contributed by atoms with E-state index in [0.29, 0.717) is 36.4 Å². The molecule has 2 aliphatic carbocycles. The lowest BCUT2D eigenvalue weighted by atomic mass is 9.84. The quantitative estimate of drug-likeness (QED) is 0.143. The van der Waals surface area contributed by atoms with Crippen molar-refractivity contribution in [2.45, 2.75) is 108 Å². The van der Waals surface area contributed by atoms with Crippen LogP contribution >= 0.6 is 11.6 Å². The number of hydrogen-bond acceptors (Lipinski definition) is 9. The molecule has 3 atom stereocenters. The molecular formula is C40H45ClF4N8O4S. The van der Waals surface area contributed by atoms with Gasteiger partial charge in [-0.1, -0.05) is 11.6 Å². The Kier molecular flexibility index (Phi) is 10.4. The van der Waals surface area contributed by atoms with Crippen molar-refractivity contribution < 1.29 is 30.7 Å². The van der Waals surface area contributed by atoms with Gasteiger partial charge in [0.2, 0.25) is 15.9 Å². The number of sulfonamides is 1. The van der Waals surface area contributed by atoms with Gasteiger partial charge in [0, 0.05) is 49.1 Å². The van der Waals surface area contributed by atoms with E-state index >= 15 is 4.79 Å². The predicted octanol–water partition coefficient (Wildman–Crippen LogP) is 6.92. The summed E-state index contributed by atoms with van der Waals surface area (Å²) in [6, 6.07) is 6.76. The molecule has 3 aromatic heterocycles. The zero-order valence-corrected chi connectivity index (χ0v) is 34.1. The van der Waals surface area contributed by atoms with E-state index in [4.69, 9.17) is 37.1 Å². The number of aryl methyl sites for hydroxylation is 1. The van der Waals surface area contributed by atoms with Crippen molar-refractivity contribution in [1.29, 1.82) is 0 Å². The topological polar surface area (TPSA) is 150 Å². The van der Waals surface area contributed by atoms with Crippen LogP contribution in [0, 0.1) is 18.6 Å². The molecule has 1 aliphatic heterocycles. The van der Waals surface area contributed by atoms with Crippen LogP contribution in [0.5, 0.6) is 0 Å². The number of morpholine rings is 1. The van der Waals surface area contributed by atoms with Crippen LogP contribution in [0.1, 0.15) is 87.0 Å². The molecule has 12 nitrogen and oxygen atoms in total. The Morgan fingerprint density at radius 3 is 2.28 bits per heavy atom. The Bertz CT molecular complexity index is 2580. The highest BCUT2D eigenvalue weighted by molar-refractivity contribution is 7.92. The monoisotopic (exact) mass is 844 g/mol. The summed E-state index contributed by atoms with van der Waals surface area (Å²) in [7, 11) is -3.86. The largest absolute Gasteiger partial charge is 0.373 e. The van der Waals surface area contributed by atoms with Gasteiger partial charge in [-0.3, -0.25) is 23.7 Å². The normalized spacial score (nSPS) is 21.8. The molecule has 5 aromatic rings. The first kappa shape index (κ1) is 40.6. The van der Waals surface area contributed by atoms with E-state index in [2.05, 4.69) is 9.62 Å². The lowest BCUT2D eigenvalue weighted by Crippen LogP contribution is -2.52. The zero-order chi connectivity index (χ0) is 41.5. The number of anilines is 1. The van der Waals surface area contributed by atoms with E-state index in [9.17, 15) is 26.0 Å². The first-order chi connectivity index (χ1) is 27.3. The minimum atomic E-state index is -3.86. The molecule has 0 spiro atoms. The molecule has 2 aromatic carbocycles. The molecule has 8 rings (SSSR count). The summed E-state index contributed by atoms with van der Waals surface area (Å²) in [6.45, 7) is 7.43. The third-order valence-corrected chi connectivity index (χ3v) is 12.5. The molecular weight excluding hydrogens is 800 g/mol. The number of halogens is 5. The molecule has 3 fully saturated rings. The number of nitrogens with one attached hydrogen (secondary N) is 1. The van der Waals surface area contributed by atoms with Crippen LogP contribution in [-0.4, -0.2) is 80.6 Å². The fourth-order valence-electron chi connectivity index (χ4n) is 8.87. The summed E-state index contributed by atoms with van der Waals surface area (Å²) < 4.78 is 94.0. The highest BCUT2D eigenvalue weighted by Gasteiger charge is 2.50. The van der Waals surface area contributed by atoms with Crippen LogP contribution in [0.2, 0.25) is 5.02 Å². The Hall–Kier alpha value is -4.16. The standard InChI is InChI=1S/C40H45ClF4N8O4S/c1-21-13-30(25-7-9-40(44,45)10-8-25)47-35-32(21)38(54)53(37(48-35)29(46)16-24-14-26(42)17-27(43)15-24)31-6-5-28(41)33-34(31)52(49-36(33)50-58(4,55)56)20-39(11-12-39)51-18-22(2)57-23(3)19-51/h5-6,13-15,17,22-23,25,29H,7-12,16,18-20,46H2,1-4H3,(H,49,50)/t22-,23+,29-/m0/s1. The second-order valence-electron chi connectivity index (χ2n) is 16.4.